The summed E-state index contributed by atoms with van der Waals surface area (Å²) in [7, 11) is 0. The van der Waals surface area contributed by atoms with Gasteiger partial charge in [0, 0.05) is 0 Å². The number of benzene rings is 1. The van der Waals surface area contributed by atoms with Crippen molar-refractivity contribution in [2.45, 2.75) is 110 Å². The molecule has 1 N–H and O–H groups in total. The highest BCUT2D eigenvalue weighted by Crippen LogP contribution is 2.37. The molecule has 1 rings (SSSR count). The van der Waals surface area contributed by atoms with Crippen LogP contribution in [0.15, 0.2) is 18.2 Å². The monoisotopic (exact) mass is 332 g/mol. The number of rotatable bonds is 13. The normalized spacial score (nSPS) is 11.9. The molecule has 0 heterocycles. The van der Waals surface area contributed by atoms with Crippen LogP contribution in [0.4, 0.5) is 0 Å². The average molecular weight is 333 g/mol. The molecule has 1 aromatic rings. The van der Waals surface area contributed by atoms with Crippen molar-refractivity contribution in [3.05, 3.63) is 34.9 Å². The fourth-order valence-corrected chi connectivity index (χ4v) is 3.65. The van der Waals surface area contributed by atoms with Crippen LogP contribution in [0, 0.1) is 0 Å². The smallest absolute Gasteiger partial charge is 0.0899 e. The molecule has 0 radical (unpaired) electrons. The van der Waals surface area contributed by atoms with Crippen molar-refractivity contribution in [1.82, 2.24) is 0 Å². The SMILES string of the molecule is CCCCc1cccc(C(O)(CCCC)CCCC)c1CCCC. The predicted octanol–water partition coefficient (Wildman–Crippen LogP) is 6.94. The van der Waals surface area contributed by atoms with E-state index >= 15 is 0 Å². The van der Waals surface area contributed by atoms with Gasteiger partial charge in [0.25, 0.3) is 0 Å². The average Bonchev–Trinajstić information content (AvgIpc) is 2.61. The standard InChI is InChI=1S/C23H40O/c1-5-9-14-20-15-13-17-22(21(20)16-10-6-2)23(24,18-11-7-3)19-12-8-4/h13,15,17,24H,5-12,14,16,18-19H2,1-4H3. The zero-order chi connectivity index (χ0) is 17.8. The summed E-state index contributed by atoms with van der Waals surface area (Å²) in [6, 6.07) is 6.69. The van der Waals surface area contributed by atoms with Gasteiger partial charge in [-0.1, -0.05) is 84.4 Å². The fourth-order valence-electron chi connectivity index (χ4n) is 3.65. The Morgan fingerprint density at radius 1 is 0.750 bits per heavy atom. The van der Waals surface area contributed by atoms with Gasteiger partial charge < -0.3 is 5.11 Å². The van der Waals surface area contributed by atoms with Crippen molar-refractivity contribution in [3.8, 4) is 0 Å². The van der Waals surface area contributed by atoms with E-state index in [9.17, 15) is 5.11 Å². The molecule has 0 spiro atoms. The minimum atomic E-state index is -0.628. The quantitative estimate of drug-likeness (QED) is 0.415. The first-order valence-corrected chi connectivity index (χ1v) is 10.5. The Morgan fingerprint density at radius 2 is 1.29 bits per heavy atom. The van der Waals surface area contributed by atoms with Crippen LogP contribution in [0.25, 0.3) is 0 Å². The molecule has 0 aliphatic heterocycles. The molecule has 1 aromatic carbocycles. The van der Waals surface area contributed by atoms with Gasteiger partial charge in [0.2, 0.25) is 0 Å². The molecule has 0 bridgehead atoms. The Bertz CT molecular complexity index is 441. The number of aryl methyl sites for hydroxylation is 1. The second-order valence-corrected chi connectivity index (χ2v) is 7.39. The molecule has 0 aliphatic carbocycles. The summed E-state index contributed by atoms with van der Waals surface area (Å²) < 4.78 is 0. The fraction of sp³-hybridized carbons (Fsp3) is 0.739. The topological polar surface area (TPSA) is 20.2 Å². The maximum atomic E-state index is 11.6. The molecule has 0 aliphatic rings. The number of hydrogen-bond donors (Lipinski definition) is 1. The molecule has 0 saturated heterocycles. The summed E-state index contributed by atoms with van der Waals surface area (Å²) in [5, 5.41) is 11.6. The Kier molecular flexibility index (Phi) is 10.3. The van der Waals surface area contributed by atoms with E-state index in [-0.39, 0.29) is 0 Å². The third kappa shape index (κ3) is 6.24. The van der Waals surface area contributed by atoms with Gasteiger partial charge in [0.15, 0.2) is 0 Å². The minimum Gasteiger partial charge on any atom is -0.385 e. The summed E-state index contributed by atoms with van der Waals surface area (Å²) >= 11 is 0. The third-order valence-electron chi connectivity index (χ3n) is 5.24. The summed E-state index contributed by atoms with van der Waals surface area (Å²) in [5.41, 5.74) is 3.56. The Labute approximate surface area is 150 Å². The summed E-state index contributed by atoms with van der Waals surface area (Å²) in [4.78, 5) is 0. The van der Waals surface area contributed by atoms with Crippen LogP contribution in [-0.2, 0) is 18.4 Å². The highest BCUT2D eigenvalue weighted by atomic mass is 16.3. The maximum Gasteiger partial charge on any atom is 0.0899 e. The molecule has 24 heavy (non-hydrogen) atoms. The lowest BCUT2D eigenvalue weighted by molar-refractivity contribution is 0.0132. The van der Waals surface area contributed by atoms with E-state index in [0.717, 1.165) is 51.4 Å². The highest BCUT2D eigenvalue weighted by molar-refractivity contribution is 5.39. The molecule has 138 valence electrons. The van der Waals surface area contributed by atoms with Crippen molar-refractivity contribution < 1.29 is 5.11 Å². The first-order chi connectivity index (χ1) is 11.6. The van der Waals surface area contributed by atoms with Gasteiger partial charge in [-0.2, -0.15) is 0 Å². The molecule has 1 nitrogen and oxygen atoms in total. The van der Waals surface area contributed by atoms with Crippen LogP contribution in [0.1, 0.15) is 109 Å². The first kappa shape index (κ1) is 21.2. The predicted molar refractivity (Wildman–Crippen MR) is 107 cm³/mol. The van der Waals surface area contributed by atoms with Crippen molar-refractivity contribution >= 4 is 0 Å². The van der Waals surface area contributed by atoms with E-state index in [1.807, 2.05) is 0 Å². The van der Waals surface area contributed by atoms with E-state index in [1.54, 1.807) is 0 Å². The van der Waals surface area contributed by atoms with Crippen LogP contribution in [-0.4, -0.2) is 5.11 Å². The number of hydrogen-bond acceptors (Lipinski definition) is 1. The van der Waals surface area contributed by atoms with Crippen molar-refractivity contribution in [1.29, 1.82) is 0 Å². The van der Waals surface area contributed by atoms with Crippen LogP contribution >= 0.6 is 0 Å². The van der Waals surface area contributed by atoms with Crippen LogP contribution in [0.5, 0.6) is 0 Å². The Hall–Kier alpha value is -0.820. The second kappa shape index (κ2) is 11.7. The van der Waals surface area contributed by atoms with Crippen LogP contribution in [0.3, 0.4) is 0 Å². The Balaban J connectivity index is 3.22. The van der Waals surface area contributed by atoms with Gasteiger partial charge >= 0.3 is 0 Å². The summed E-state index contributed by atoms with van der Waals surface area (Å²) in [6.07, 6.45) is 13.5. The largest absolute Gasteiger partial charge is 0.385 e. The molecular weight excluding hydrogens is 292 g/mol. The number of aliphatic hydroxyl groups is 1. The van der Waals surface area contributed by atoms with Gasteiger partial charge in [0.1, 0.15) is 0 Å². The first-order valence-electron chi connectivity index (χ1n) is 10.5. The van der Waals surface area contributed by atoms with Crippen molar-refractivity contribution in [2.75, 3.05) is 0 Å². The number of unbranched alkanes of at least 4 members (excludes halogenated alkanes) is 4. The zero-order valence-corrected chi connectivity index (χ0v) is 16.7. The minimum absolute atomic E-state index is 0.628. The van der Waals surface area contributed by atoms with E-state index in [0.29, 0.717) is 0 Å². The molecule has 0 fully saturated rings. The molecule has 0 aromatic heterocycles. The molecule has 0 amide bonds. The maximum absolute atomic E-state index is 11.6. The van der Waals surface area contributed by atoms with Gasteiger partial charge in [0.05, 0.1) is 5.60 Å². The molecular formula is C23H40O. The third-order valence-corrected chi connectivity index (χ3v) is 5.24. The van der Waals surface area contributed by atoms with Gasteiger partial charge in [-0.3, -0.25) is 0 Å². The lowest BCUT2D eigenvalue weighted by Crippen LogP contribution is -2.28. The van der Waals surface area contributed by atoms with Gasteiger partial charge in [-0.05, 0) is 55.2 Å². The zero-order valence-electron chi connectivity index (χ0n) is 16.7. The van der Waals surface area contributed by atoms with E-state index in [1.165, 1.54) is 42.4 Å². The van der Waals surface area contributed by atoms with Crippen molar-refractivity contribution in [3.63, 3.8) is 0 Å². The van der Waals surface area contributed by atoms with Crippen LogP contribution in [0.2, 0.25) is 0 Å². The van der Waals surface area contributed by atoms with Crippen molar-refractivity contribution in [2.24, 2.45) is 0 Å². The van der Waals surface area contributed by atoms with Gasteiger partial charge in [-0.15, -0.1) is 0 Å². The highest BCUT2D eigenvalue weighted by Gasteiger charge is 2.30. The summed E-state index contributed by atoms with van der Waals surface area (Å²) in [5.74, 6) is 0. The van der Waals surface area contributed by atoms with E-state index in [4.69, 9.17) is 0 Å². The Morgan fingerprint density at radius 3 is 1.83 bits per heavy atom. The molecule has 0 saturated carbocycles. The van der Waals surface area contributed by atoms with E-state index < -0.39 is 5.60 Å². The molecule has 0 unspecified atom stereocenters. The van der Waals surface area contributed by atoms with E-state index in [2.05, 4.69) is 45.9 Å². The molecule has 1 heteroatoms. The second-order valence-electron chi connectivity index (χ2n) is 7.39. The van der Waals surface area contributed by atoms with Gasteiger partial charge in [-0.25, -0.2) is 0 Å². The van der Waals surface area contributed by atoms with Crippen LogP contribution < -0.4 is 0 Å². The lowest BCUT2D eigenvalue weighted by Gasteiger charge is -2.32. The summed E-state index contributed by atoms with van der Waals surface area (Å²) in [6.45, 7) is 8.95. The molecule has 0 atom stereocenters. The lowest BCUT2D eigenvalue weighted by atomic mass is 9.79.